The van der Waals surface area contributed by atoms with Crippen LogP contribution in [0.15, 0.2) is 11.7 Å². The minimum absolute atomic E-state index is 0.0271. The highest BCUT2D eigenvalue weighted by molar-refractivity contribution is 7.09. The highest BCUT2D eigenvalue weighted by atomic mass is 32.1. The number of carbonyl (C=O) groups excluding carboxylic acids is 1. The molecule has 5 nitrogen and oxygen atoms in total. The second kappa shape index (κ2) is 4.59. The van der Waals surface area contributed by atoms with Gasteiger partial charge < -0.3 is 10.0 Å². The van der Waals surface area contributed by atoms with Gasteiger partial charge in [0, 0.05) is 24.2 Å². The van der Waals surface area contributed by atoms with Crippen molar-refractivity contribution < 1.29 is 14.7 Å². The van der Waals surface area contributed by atoms with E-state index in [0.717, 1.165) is 17.7 Å². The van der Waals surface area contributed by atoms with Crippen molar-refractivity contribution in [3.8, 4) is 0 Å². The number of amides is 1. The van der Waals surface area contributed by atoms with Crippen molar-refractivity contribution in [3.05, 3.63) is 16.6 Å². The monoisotopic (exact) mass is 280 g/mol. The van der Waals surface area contributed by atoms with E-state index in [-0.39, 0.29) is 11.8 Å². The number of carboxylic acids is 1. The van der Waals surface area contributed by atoms with Crippen molar-refractivity contribution in [2.24, 2.45) is 11.3 Å². The summed E-state index contributed by atoms with van der Waals surface area (Å²) >= 11 is 1.46. The van der Waals surface area contributed by atoms with E-state index in [0.29, 0.717) is 25.9 Å². The lowest BCUT2D eigenvalue weighted by Crippen LogP contribution is -2.37. The molecule has 1 aliphatic heterocycles. The molecule has 19 heavy (non-hydrogen) atoms. The Hall–Kier alpha value is -1.43. The molecule has 0 bridgehead atoms. The zero-order valence-corrected chi connectivity index (χ0v) is 11.4. The smallest absolute Gasteiger partial charge is 0.311 e. The van der Waals surface area contributed by atoms with Crippen LogP contribution in [0.2, 0.25) is 0 Å². The van der Waals surface area contributed by atoms with Crippen LogP contribution in [0.25, 0.3) is 0 Å². The summed E-state index contributed by atoms with van der Waals surface area (Å²) in [6.07, 6.45) is 4.64. The quantitative estimate of drug-likeness (QED) is 0.908. The van der Waals surface area contributed by atoms with Crippen LogP contribution in [0.1, 0.15) is 24.1 Å². The van der Waals surface area contributed by atoms with E-state index in [2.05, 4.69) is 4.98 Å². The number of carboxylic acid groups (broad SMARTS) is 1. The first-order chi connectivity index (χ1) is 9.12. The zero-order valence-electron chi connectivity index (χ0n) is 10.5. The van der Waals surface area contributed by atoms with Crippen LogP contribution >= 0.6 is 11.3 Å². The fraction of sp³-hybridized carbons (Fsp3) is 0.615. The highest BCUT2D eigenvalue weighted by Crippen LogP contribution is 2.48. The van der Waals surface area contributed by atoms with E-state index in [9.17, 15) is 14.7 Å². The maximum Gasteiger partial charge on any atom is 0.311 e. The van der Waals surface area contributed by atoms with Crippen molar-refractivity contribution in [1.82, 2.24) is 9.88 Å². The molecule has 2 atom stereocenters. The molecule has 2 aliphatic rings. The first-order valence-electron chi connectivity index (χ1n) is 6.50. The van der Waals surface area contributed by atoms with Crippen LogP contribution in [0.5, 0.6) is 0 Å². The third-order valence-electron chi connectivity index (χ3n) is 4.46. The van der Waals surface area contributed by atoms with Gasteiger partial charge in [-0.2, -0.15) is 0 Å². The van der Waals surface area contributed by atoms with Gasteiger partial charge in [0.15, 0.2) is 0 Å². The fourth-order valence-electron chi connectivity index (χ4n) is 3.42. The van der Waals surface area contributed by atoms with E-state index < -0.39 is 11.4 Å². The molecule has 1 saturated heterocycles. The topological polar surface area (TPSA) is 70.5 Å². The molecule has 6 heteroatoms. The van der Waals surface area contributed by atoms with Crippen molar-refractivity contribution in [2.75, 3.05) is 13.1 Å². The molecule has 2 heterocycles. The molecule has 1 aromatic rings. The minimum Gasteiger partial charge on any atom is -0.481 e. The molecule has 0 spiro atoms. The first kappa shape index (κ1) is 12.6. The summed E-state index contributed by atoms with van der Waals surface area (Å²) in [6, 6.07) is 0. The van der Waals surface area contributed by atoms with Gasteiger partial charge in [-0.25, -0.2) is 0 Å². The highest BCUT2D eigenvalue weighted by Gasteiger charge is 2.55. The van der Waals surface area contributed by atoms with E-state index in [1.54, 1.807) is 16.6 Å². The molecule has 0 radical (unpaired) electrons. The van der Waals surface area contributed by atoms with Gasteiger partial charge in [-0.3, -0.25) is 14.6 Å². The van der Waals surface area contributed by atoms with Crippen molar-refractivity contribution in [2.45, 2.75) is 25.7 Å². The SMILES string of the molecule is O=C(Cc1cncs1)N1C[C@@H]2CCC[C@@]2(C(=O)O)C1. The van der Waals surface area contributed by atoms with E-state index in [1.807, 2.05) is 0 Å². The van der Waals surface area contributed by atoms with Gasteiger partial charge >= 0.3 is 5.97 Å². The Bertz CT molecular complexity index is 502. The molecule has 2 fully saturated rings. The number of hydrogen-bond acceptors (Lipinski definition) is 4. The Balaban J connectivity index is 1.71. The molecule has 1 N–H and O–H groups in total. The molecule has 1 amide bonds. The van der Waals surface area contributed by atoms with Crippen LogP contribution in [0.3, 0.4) is 0 Å². The largest absolute Gasteiger partial charge is 0.481 e. The molecule has 1 saturated carbocycles. The lowest BCUT2D eigenvalue weighted by atomic mass is 9.81. The molecule has 0 unspecified atom stereocenters. The van der Waals surface area contributed by atoms with Gasteiger partial charge in [-0.1, -0.05) is 6.42 Å². The van der Waals surface area contributed by atoms with Gasteiger partial charge in [0.25, 0.3) is 0 Å². The molecular formula is C13H16N2O3S. The Labute approximate surface area is 115 Å². The summed E-state index contributed by atoms with van der Waals surface area (Å²) in [5.74, 6) is -0.572. The number of hydrogen-bond donors (Lipinski definition) is 1. The number of likely N-dealkylation sites (tertiary alicyclic amines) is 1. The standard InChI is InChI=1S/C13H16N2O3S/c16-11(4-10-5-14-8-19-10)15-6-9-2-1-3-13(9,7-15)12(17)18/h5,8-9H,1-4,6-7H2,(H,17,18)/t9-,13+/m0/s1. The second-order valence-electron chi connectivity index (χ2n) is 5.47. The molecular weight excluding hydrogens is 264 g/mol. The van der Waals surface area contributed by atoms with E-state index in [4.69, 9.17) is 0 Å². The van der Waals surface area contributed by atoms with Crippen molar-refractivity contribution >= 4 is 23.2 Å². The van der Waals surface area contributed by atoms with Crippen LogP contribution in [0.4, 0.5) is 0 Å². The van der Waals surface area contributed by atoms with E-state index >= 15 is 0 Å². The van der Waals surface area contributed by atoms with Gasteiger partial charge in [0.05, 0.1) is 17.3 Å². The lowest BCUT2D eigenvalue weighted by Gasteiger charge is -2.23. The normalized spacial score (nSPS) is 29.5. The first-order valence-corrected chi connectivity index (χ1v) is 7.38. The number of aliphatic carboxylic acids is 1. The zero-order chi connectivity index (χ0) is 13.5. The van der Waals surface area contributed by atoms with Crippen LogP contribution in [-0.2, 0) is 16.0 Å². The summed E-state index contributed by atoms with van der Waals surface area (Å²) < 4.78 is 0. The number of carbonyl (C=O) groups is 2. The third kappa shape index (κ3) is 2.04. The predicted molar refractivity (Wildman–Crippen MR) is 69.8 cm³/mol. The van der Waals surface area contributed by atoms with Crippen molar-refractivity contribution in [3.63, 3.8) is 0 Å². The number of aromatic nitrogens is 1. The predicted octanol–water partition coefficient (Wildman–Crippen LogP) is 1.40. The number of rotatable bonds is 3. The van der Waals surface area contributed by atoms with Gasteiger partial charge in [0.2, 0.25) is 5.91 Å². The summed E-state index contributed by atoms with van der Waals surface area (Å²) in [6.45, 7) is 0.981. The molecule has 1 aromatic heterocycles. The fourth-order valence-corrected chi connectivity index (χ4v) is 4.00. The maximum absolute atomic E-state index is 12.2. The number of thiazole rings is 1. The molecule has 0 aromatic carbocycles. The minimum atomic E-state index is -0.733. The van der Waals surface area contributed by atoms with Crippen LogP contribution in [0, 0.1) is 11.3 Å². The summed E-state index contributed by atoms with van der Waals surface area (Å²) in [7, 11) is 0. The Morgan fingerprint density at radius 2 is 2.42 bits per heavy atom. The number of fused-ring (bicyclic) bond motifs is 1. The molecule has 102 valence electrons. The maximum atomic E-state index is 12.2. The average molecular weight is 280 g/mol. The average Bonchev–Trinajstić information content (AvgIpc) is 3.01. The third-order valence-corrected chi connectivity index (χ3v) is 5.24. The Morgan fingerprint density at radius 1 is 1.58 bits per heavy atom. The van der Waals surface area contributed by atoms with Crippen LogP contribution < -0.4 is 0 Å². The summed E-state index contributed by atoms with van der Waals surface area (Å²) in [5.41, 5.74) is 1.03. The Morgan fingerprint density at radius 3 is 3.05 bits per heavy atom. The van der Waals surface area contributed by atoms with Crippen molar-refractivity contribution in [1.29, 1.82) is 0 Å². The summed E-state index contributed by atoms with van der Waals surface area (Å²) in [5, 5.41) is 9.48. The van der Waals surface area contributed by atoms with E-state index in [1.165, 1.54) is 11.3 Å². The number of nitrogens with zero attached hydrogens (tertiary/aromatic N) is 2. The second-order valence-corrected chi connectivity index (χ2v) is 6.44. The lowest BCUT2D eigenvalue weighted by molar-refractivity contribution is -0.149. The van der Waals surface area contributed by atoms with Crippen LogP contribution in [-0.4, -0.2) is 40.0 Å². The molecule has 1 aliphatic carbocycles. The summed E-state index contributed by atoms with van der Waals surface area (Å²) in [4.78, 5) is 30.4. The van der Waals surface area contributed by atoms with Gasteiger partial charge in [-0.15, -0.1) is 11.3 Å². The van der Waals surface area contributed by atoms with Gasteiger partial charge in [0.1, 0.15) is 0 Å². The molecule has 3 rings (SSSR count). The Kier molecular flexibility index (Phi) is 3.05. The van der Waals surface area contributed by atoms with Gasteiger partial charge in [-0.05, 0) is 18.8 Å².